The smallest absolute Gasteiger partial charge is 0.327 e. The van der Waals surface area contributed by atoms with Crippen molar-refractivity contribution in [3.8, 4) is 5.75 Å². The van der Waals surface area contributed by atoms with Gasteiger partial charge in [-0.25, -0.2) is 4.79 Å². The summed E-state index contributed by atoms with van der Waals surface area (Å²) in [5.41, 5.74) is 2.46. The third-order valence-corrected chi connectivity index (χ3v) is 4.70. The maximum atomic E-state index is 11.0. The van der Waals surface area contributed by atoms with Crippen LogP contribution in [0.2, 0.25) is 0 Å². The highest BCUT2D eigenvalue weighted by molar-refractivity contribution is 5.79. The van der Waals surface area contributed by atoms with Crippen molar-refractivity contribution in [2.45, 2.75) is 12.5 Å². The van der Waals surface area contributed by atoms with Crippen LogP contribution in [0.1, 0.15) is 17.0 Å². The fourth-order valence-electron chi connectivity index (χ4n) is 3.51. The topological polar surface area (TPSA) is 49.8 Å². The minimum atomic E-state index is -0.897. The van der Waals surface area contributed by atoms with Gasteiger partial charge in [0.1, 0.15) is 5.75 Å². The van der Waals surface area contributed by atoms with Gasteiger partial charge in [0.15, 0.2) is 0 Å². The van der Waals surface area contributed by atoms with E-state index in [0.717, 1.165) is 25.4 Å². The van der Waals surface area contributed by atoms with E-state index in [1.165, 1.54) is 17.2 Å². The molecule has 0 aromatic heterocycles. The average molecular weight is 337 g/mol. The first-order valence-electron chi connectivity index (χ1n) is 8.47. The third kappa shape index (κ3) is 4.48. The van der Waals surface area contributed by atoms with Gasteiger partial charge in [0, 0.05) is 31.6 Å². The molecule has 0 bridgehead atoms. The quantitative estimate of drug-likeness (QED) is 0.819. The average Bonchev–Trinajstić information content (AvgIpc) is 3.03. The number of rotatable bonds is 6. The maximum Gasteiger partial charge on any atom is 0.327 e. The molecule has 4 nitrogen and oxygen atoms in total. The summed E-state index contributed by atoms with van der Waals surface area (Å²) in [6.07, 6.45) is 3.10. The maximum absolute atomic E-state index is 11.0. The SMILES string of the molecule is COc1cccc([C@H]2CN(Cc3ccccc3)C[C@@H]2C=CC(=O)O)c1. The number of aliphatic carboxylic acids is 1. The molecule has 1 aliphatic heterocycles. The van der Waals surface area contributed by atoms with E-state index in [9.17, 15) is 4.79 Å². The van der Waals surface area contributed by atoms with Crippen molar-refractivity contribution in [1.29, 1.82) is 0 Å². The Bertz CT molecular complexity index is 742. The van der Waals surface area contributed by atoms with Gasteiger partial charge < -0.3 is 9.84 Å². The highest BCUT2D eigenvalue weighted by Gasteiger charge is 2.32. The standard InChI is InChI=1S/C21H23NO3/c1-25-19-9-5-8-17(12-19)20-15-22(13-16-6-3-2-4-7-16)14-18(20)10-11-21(23)24/h2-12,18,20H,13-15H2,1H3,(H,23,24)/t18-,20+/m0/s1. The summed E-state index contributed by atoms with van der Waals surface area (Å²) in [5, 5.41) is 8.99. The molecule has 0 aliphatic carbocycles. The highest BCUT2D eigenvalue weighted by Crippen LogP contribution is 2.35. The van der Waals surface area contributed by atoms with Crippen LogP contribution in [0.4, 0.5) is 0 Å². The van der Waals surface area contributed by atoms with Gasteiger partial charge in [-0.15, -0.1) is 0 Å². The molecule has 1 heterocycles. The Balaban J connectivity index is 1.81. The number of nitrogens with zero attached hydrogens (tertiary/aromatic N) is 1. The molecular formula is C21H23NO3. The van der Waals surface area contributed by atoms with Crippen molar-refractivity contribution in [1.82, 2.24) is 4.90 Å². The van der Waals surface area contributed by atoms with Gasteiger partial charge in [0.2, 0.25) is 0 Å². The number of carbonyl (C=O) groups is 1. The predicted molar refractivity (Wildman–Crippen MR) is 97.7 cm³/mol. The van der Waals surface area contributed by atoms with E-state index in [1.54, 1.807) is 7.11 Å². The van der Waals surface area contributed by atoms with Crippen molar-refractivity contribution < 1.29 is 14.6 Å². The van der Waals surface area contributed by atoms with E-state index >= 15 is 0 Å². The molecule has 4 heteroatoms. The largest absolute Gasteiger partial charge is 0.497 e. The molecule has 0 radical (unpaired) electrons. The van der Waals surface area contributed by atoms with Crippen molar-refractivity contribution in [2.24, 2.45) is 5.92 Å². The molecule has 1 aliphatic rings. The van der Waals surface area contributed by atoms with Crippen LogP contribution >= 0.6 is 0 Å². The molecule has 130 valence electrons. The first-order chi connectivity index (χ1) is 12.2. The summed E-state index contributed by atoms with van der Waals surface area (Å²) in [6.45, 7) is 2.62. The highest BCUT2D eigenvalue weighted by atomic mass is 16.5. The van der Waals surface area contributed by atoms with E-state index in [0.29, 0.717) is 0 Å². The number of benzene rings is 2. The lowest BCUT2D eigenvalue weighted by Crippen LogP contribution is -2.20. The van der Waals surface area contributed by atoms with Crippen LogP contribution < -0.4 is 4.74 Å². The third-order valence-electron chi connectivity index (χ3n) is 4.70. The van der Waals surface area contributed by atoms with Crippen molar-refractivity contribution >= 4 is 5.97 Å². The molecule has 2 aromatic carbocycles. The Hall–Kier alpha value is -2.59. The van der Waals surface area contributed by atoms with Crippen molar-refractivity contribution in [3.63, 3.8) is 0 Å². The van der Waals surface area contributed by atoms with E-state index in [1.807, 2.05) is 36.4 Å². The molecule has 1 saturated heterocycles. The molecule has 2 atom stereocenters. The Morgan fingerprint density at radius 2 is 2.00 bits per heavy atom. The number of methoxy groups -OCH3 is 1. The van der Waals surface area contributed by atoms with Crippen LogP contribution in [0.15, 0.2) is 66.7 Å². The van der Waals surface area contributed by atoms with E-state index in [2.05, 4.69) is 29.2 Å². The summed E-state index contributed by atoms with van der Waals surface area (Å²) in [5.74, 6) is 0.368. The molecule has 0 spiro atoms. The Morgan fingerprint density at radius 1 is 1.20 bits per heavy atom. The number of likely N-dealkylation sites (tertiary alicyclic amines) is 1. The van der Waals surface area contributed by atoms with Gasteiger partial charge in [-0.05, 0) is 29.2 Å². The zero-order valence-corrected chi connectivity index (χ0v) is 14.3. The van der Waals surface area contributed by atoms with Gasteiger partial charge in [-0.1, -0.05) is 48.5 Å². The monoisotopic (exact) mass is 337 g/mol. The van der Waals surface area contributed by atoms with Crippen LogP contribution in [0, 0.1) is 5.92 Å². The summed E-state index contributed by atoms with van der Waals surface area (Å²) in [6, 6.07) is 18.4. The van der Waals surface area contributed by atoms with Crippen molar-refractivity contribution in [3.05, 3.63) is 77.9 Å². The molecule has 2 aromatic rings. The normalized spacial score (nSPS) is 20.8. The summed E-state index contributed by atoms with van der Waals surface area (Å²) in [4.78, 5) is 13.3. The first kappa shape index (κ1) is 17.2. The Labute approximate surface area is 148 Å². The number of ether oxygens (including phenoxy) is 1. The van der Waals surface area contributed by atoms with Crippen molar-refractivity contribution in [2.75, 3.05) is 20.2 Å². The molecule has 3 rings (SSSR count). The zero-order valence-electron chi connectivity index (χ0n) is 14.3. The second kappa shape index (κ2) is 7.99. The van der Waals surface area contributed by atoms with Gasteiger partial charge in [-0.3, -0.25) is 4.90 Å². The van der Waals surface area contributed by atoms with Crippen LogP contribution in [-0.4, -0.2) is 36.2 Å². The minimum absolute atomic E-state index is 0.173. The number of carboxylic acids is 1. The lowest BCUT2D eigenvalue weighted by Gasteiger charge is -2.17. The predicted octanol–water partition coefficient (Wildman–Crippen LogP) is 3.55. The van der Waals surface area contributed by atoms with Crippen LogP contribution in [0.3, 0.4) is 0 Å². The summed E-state index contributed by atoms with van der Waals surface area (Å²) < 4.78 is 5.34. The van der Waals surface area contributed by atoms with Crippen LogP contribution in [-0.2, 0) is 11.3 Å². The van der Waals surface area contributed by atoms with Gasteiger partial charge in [-0.2, -0.15) is 0 Å². The second-order valence-electron chi connectivity index (χ2n) is 6.42. The minimum Gasteiger partial charge on any atom is -0.497 e. The molecule has 1 N–H and O–H groups in total. The molecule has 0 saturated carbocycles. The van der Waals surface area contributed by atoms with Gasteiger partial charge in [0.05, 0.1) is 7.11 Å². The number of hydrogen-bond acceptors (Lipinski definition) is 3. The fourth-order valence-corrected chi connectivity index (χ4v) is 3.51. The molecule has 25 heavy (non-hydrogen) atoms. The van der Waals surface area contributed by atoms with Crippen LogP contribution in [0.25, 0.3) is 0 Å². The lowest BCUT2D eigenvalue weighted by atomic mass is 9.88. The van der Waals surface area contributed by atoms with E-state index in [4.69, 9.17) is 9.84 Å². The van der Waals surface area contributed by atoms with E-state index < -0.39 is 5.97 Å². The lowest BCUT2D eigenvalue weighted by molar-refractivity contribution is -0.131. The van der Waals surface area contributed by atoms with E-state index in [-0.39, 0.29) is 11.8 Å². The molecule has 0 unspecified atom stereocenters. The number of hydrogen-bond donors (Lipinski definition) is 1. The first-order valence-corrected chi connectivity index (χ1v) is 8.47. The Morgan fingerprint density at radius 3 is 2.72 bits per heavy atom. The zero-order chi connectivity index (χ0) is 17.6. The fraction of sp³-hybridized carbons (Fsp3) is 0.286. The van der Waals surface area contributed by atoms with Gasteiger partial charge in [0.25, 0.3) is 0 Å². The summed E-state index contributed by atoms with van der Waals surface area (Å²) in [7, 11) is 1.66. The molecular weight excluding hydrogens is 314 g/mol. The molecule has 0 amide bonds. The van der Waals surface area contributed by atoms with Gasteiger partial charge >= 0.3 is 5.97 Å². The Kier molecular flexibility index (Phi) is 5.51. The summed E-state index contributed by atoms with van der Waals surface area (Å²) >= 11 is 0. The number of carboxylic acid groups (broad SMARTS) is 1. The van der Waals surface area contributed by atoms with Crippen LogP contribution in [0.5, 0.6) is 5.75 Å². The second-order valence-corrected chi connectivity index (χ2v) is 6.42. The molecule has 1 fully saturated rings.